The van der Waals surface area contributed by atoms with Crippen LogP contribution in [0.5, 0.6) is 0 Å². The molecular formula is C21H22ClN5O2S. The number of nitrogens with one attached hydrogen (secondary N) is 2. The van der Waals surface area contributed by atoms with Crippen molar-refractivity contribution in [1.29, 1.82) is 0 Å². The van der Waals surface area contributed by atoms with Gasteiger partial charge < -0.3 is 5.32 Å². The van der Waals surface area contributed by atoms with Crippen LogP contribution in [-0.2, 0) is 11.3 Å². The second-order valence-electron chi connectivity index (χ2n) is 6.47. The molecule has 2 N–H and O–H groups in total. The number of amides is 3. The molecule has 0 aliphatic rings. The molecule has 0 bridgehead atoms. The number of benzene rings is 2. The van der Waals surface area contributed by atoms with Crippen LogP contribution in [-0.4, -0.2) is 38.5 Å². The van der Waals surface area contributed by atoms with E-state index in [-0.39, 0.29) is 0 Å². The third-order valence-corrected chi connectivity index (χ3v) is 5.65. The molecule has 3 aromatic rings. The molecule has 0 unspecified atom stereocenters. The van der Waals surface area contributed by atoms with Crippen molar-refractivity contribution in [2.24, 2.45) is 0 Å². The standard InChI is InChI=1S/C21H22ClN5O2S/c1-3-23-20(29)24-19(28)14(2)30-21-26-25-18(16-11-7-8-12-17(16)22)27(21)13-15-9-5-4-6-10-15/h4-12,14H,3,13H2,1-2H3,(H2,23,24,28,29)/t14-/m0/s1. The van der Waals surface area contributed by atoms with Gasteiger partial charge in [-0.1, -0.05) is 65.8 Å². The third-order valence-electron chi connectivity index (χ3n) is 4.24. The molecule has 7 nitrogen and oxygen atoms in total. The average Bonchev–Trinajstić information content (AvgIpc) is 3.11. The van der Waals surface area contributed by atoms with E-state index in [9.17, 15) is 9.59 Å². The quantitative estimate of drug-likeness (QED) is 0.539. The van der Waals surface area contributed by atoms with Crippen molar-refractivity contribution in [3.63, 3.8) is 0 Å². The van der Waals surface area contributed by atoms with Gasteiger partial charge in [0.05, 0.1) is 16.8 Å². The average molecular weight is 444 g/mol. The Labute approximate surface area is 184 Å². The maximum absolute atomic E-state index is 12.4. The van der Waals surface area contributed by atoms with Crippen LogP contribution >= 0.6 is 23.4 Å². The van der Waals surface area contributed by atoms with E-state index in [2.05, 4.69) is 20.8 Å². The minimum atomic E-state index is -0.551. The van der Waals surface area contributed by atoms with Crippen LogP contribution in [0.1, 0.15) is 19.4 Å². The second kappa shape index (κ2) is 10.3. The first-order chi connectivity index (χ1) is 14.5. The number of urea groups is 1. The maximum atomic E-state index is 12.4. The number of carbonyl (C=O) groups is 2. The number of aromatic nitrogens is 3. The fraction of sp³-hybridized carbons (Fsp3) is 0.238. The van der Waals surface area contributed by atoms with Crippen LogP contribution in [0.3, 0.4) is 0 Å². The number of carbonyl (C=O) groups excluding carboxylic acids is 2. The lowest BCUT2D eigenvalue weighted by atomic mass is 10.2. The van der Waals surface area contributed by atoms with E-state index < -0.39 is 17.2 Å². The number of rotatable bonds is 7. The Morgan fingerprint density at radius 3 is 2.50 bits per heavy atom. The monoisotopic (exact) mass is 443 g/mol. The molecule has 0 radical (unpaired) electrons. The van der Waals surface area contributed by atoms with Crippen molar-refractivity contribution in [3.8, 4) is 11.4 Å². The van der Waals surface area contributed by atoms with Gasteiger partial charge in [0.1, 0.15) is 0 Å². The summed E-state index contributed by atoms with van der Waals surface area (Å²) >= 11 is 7.62. The van der Waals surface area contributed by atoms with Gasteiger partial charge in [-0.25, -0.2) is 4.79 Å². The predicted octanol–water partition coefficient (Wildman–Crippen LogP) is 3.97. The van der Waals surface area contributed by atoms with Crippen LogP contribution in [0.25, 0.3) is 11.4 Å². The van der Waals surface area contributed by atoms with E-state index >= 15 is 0 Å². The van der Waals surface area contributed by atoms with Crippen molar-refractivity contribution in [2.75, 3.05) is 6.54 Å². The van der Waals surface area contributed by atoms with Gasteiger partial charge in [-0.15, -0.1) is 10.2 Å². The van der Waals surface area contributed by atoms with Crippen molar-refractivity contribution < 1.29 is 9.59 Å². The lowest BCUT2D eigenvalue weighted by molar-refractivity contribution is -0.119. The van der Waals surface area contributed by atoms with Crippen LogP contribution in [0.4, 0.5) is 4.79 Å². The minimum Gasteiger partial charge on any atom is -0.338 e. The highest BCUT2D eigenvalue weighted by molar-refractivity contribution is 8.00. The summed E-state index contributed by atoms with van der Waals surface area (Å²) in [5, 5.41) is 14.1. The molecule has 1 atom stereocenters. The van der Waals surface area contributed by atoms with Gasteiger partial charge in [0.15, 0.2) is 11.0 Å². The Kier molecular flexibility index (Phi) is 7.48. The second-order valence-corrected chi connectivity index (χ2v) is 8.18. The molecule has 1 heterocycles. The van der Waals surface area contributed by atoms with Gasteiger partial charge in [-0.05, 0) is 31.5 Å². The van der Waals surface area contributed by atoms with E-state index in [0.717, 1.165) is 11.1 Å². The molecule has 0 aliphatic heterocycles. The van der Waals surface area contributed by atoms with E-state index in [1.807, 2.05) is 53.1 Å². The fourth-order valence-corrected chi connectivity index (χ4v) is 3.82. The van der Waals surface area contributed by atoms with Crippen LogP contribution in [0, 0.1) is 0 Å². The van der Waals surface area contributed by atoms with E-state index in [4.69, 9.17) is 11.6 Å². The van der Waals surface area contributed by atoms with E-state index in [1.54, 1.807) is 19.9 Å². The first-order valence-electron chi connectivity index (χ1n) is 9.47. The van der Waals surface area contributed by atoms with E-state index in [1.165, 1.54) is 11.8 Å². The molecule has 0 fully saturated rings. The maximum Gasteiger partial charge on any atom is 0.321 e. The molecule has 0 spiro atoms. The summed E-state index contributed by atoms with van der Waals surface area (Å²) in [6.45, 7) is 4.45. The zero-order valence-corrected chi connectivity index (χ0v) is 18.2. The van der Waals surface area contributed by atoms with Gasteiger partial charge in [0, 0.05) is 12.1 Å². The number of imide groups is 1. The Morgan fingerprint density at radius 1 is 1.10 bits per heavy atom. The van der Waals surface area contributed by atoms with Crippen molar-refractivity contribution >= 4 is 35.3 Å². The molecule has 3 rings (SSSR count). The van der Waals surface area contributed by atoms with E-state index in [0.29, 0.717) is 29.1 Å². The minimum absolute atomic E-state index is 0.403. The number of hydrogen-bond donors (Lipinski definition) is 2. The molecule has 2 aromatic carbocycles. The first-order valence-corrected chi connectivity index (χ1v) is 10.7. The molecule has 0 aliphatic carbocycles. The number of halogens is 1. The van der Waals surface area contributed by atoms with Gasteiger partial charge in [-0.2, -0.15) is 0 Å². The van der Waals surface area contributed by atoms with Crippen molar-refractivity contribution in [1.82, 2.24) is 25.4 Å². The zero-order chi connectivity index (χ0) is 21.5. The number of hydrogen-bond acceptors (Lipinski definition) is 5. The summed E-state index contributed by atoms with van der Waals surface area (Å²) < 4.78 is 1.93. The van der Waals surface area contributed by atoms with Gasteiger partial charge in [0.2, 0.25) is 5.91 Å². The van der Waals surface area contributed by atoms with Gasteiger partial charge in [-0.3, -0.25) is 14.7 Å². The summed E-state index contributed by atoms with van der Waals surface area (Å²) in [5.74, 6) is 0.211. The summed E-state index contributed by atoms with van der Waals surface area (Å²) in [7, 11) is 0. The SMILES string of the molecule is CCNC(=O)NC(=O)[C@H](C)Sc1nnc(-c2ccccc2Cl)n1Cc1ccccc1. The van der Waals surface area contributed by atoms with Crippen molar-refractivity contribution in [3.05, 3.63) is 65.2 Å². The third kappa shape index (κ3) is 5.40. The molecule has 0 saturated heterocycles. The molecule has 1 aromatic heterocycles. The molecular weight excluding hydrogens is 422 g/mol. The molecule has 156 valence electrons. The smallest absolute Gasteiger partial charge is 0.321 e. The van der Waals surface area contributed by atoms with Crippen LogP contribution < -0.4 is 10.6 Å². The van der Waals surface area contributed by atoms with Crippen LogP contribution in [0.2, 0.25) is 5.02 Å². The lowest BCUT2D eigenvalue weighted by Crippen LogP contribution is -2.42. The number of thioether (sulfide) groups is 1. The Balaban J connectivity index is 1.89. The fourth-order valence-electron chi connectivity index (χ4n) is 2.76. The summed E-state index contributed by atoms with van der Waals surface area (Å²) in [5.41, 5.74) is 1.82. The van der Waals surface area contributed by atoms with Gasteiger partial charge >= 0.3 is 6.03 Å². The molecule has 0 saturated carbocycles. The Hall–Kier alpha value is -2.84. The highest BCUT2D eigenvalue weighted by Crippen LogP contribution is 2.31. The zero-order valence-electron chi connectivity index (χ0n) is 16.6. The molecule has 3 amide bonds. The lowest BCUT2D eigenvalue weighted by Gasteiger charge is -2.14. The highest BCUT2D eigenvalue weighted by atomic mass is 35.5. The Bertz CT molecular complexity index is 1030. The van der Waals surface area contributed by atoms with Crippen molar-refractivity contribution in [2.45, 2.75) is 30.8 Å². The largest absolute Gasteiger partial charge is 0.338 e. The summed E-state index contributed by atoms with van der Waals surface area (Å²) in [6.07, 6.45) is 0. The summed E-state index contributed by atoms with van der Waals surface area (Å²) in [4.78, 5) is 24.0. The van der Waals surface area contributed by atoms with Gasteiger partial charge in [0.25, 0.3) is 0 Å². The first kappa shape index (κ1) is 21.9. The highest BCUT2D eigenvalue weighted by Gasteiger charge is 2.23. The summed E-state index contributed by atoms with van der Waals surface area (Å²) in [6, 6.07) is 16.8. The molecule has 9 heteroatoms. The predicted molar refractivity (Wildman–Crippen MR) is 119 cm³/mol. The normalized spacial score (nSPS) is 11.7. The topological polar surface area (TPSA) is 88.9 Å². The number of nitrogens with zero attached hydrogens (tertiary/aromatic N) is 3. The van der Waals surface area contributed by atoms with Crippen LogP contribution in [0.15, 0.2) is 59.8 Å². The Morgan fingerprint density at radius 2 is 1.80 bits per heavy atom. The molecule has 30 heavy (non-hydrogen) atoms.